The Morgan fingerprint density at radius 3 is 2.61 bits per heavy atom. The molecule has 0 saturated heterocycles. The van der Waals surface area contributed by atoms with Crippen molar-refractivity contribution in [2.75, 3.05) is 0 Å². The molecule has 1 unspecified atom stereocenters. The zero-order valence-electron chi connectivity index (χ0n) is 10.9. The number of hydrogen-bond donors (Lipinski definition) is 2. The molecule has 0 aliphatic carbocycles. The Morgan fingerprint density at radius 1 is 1.28 bits per heavy atom. The van der Waals surface area contributed by atoms with Crippen LogP contribution in [-0.4, -0.2) is 0 Å². The number of halogens is 2. The minimum atomic E-state index is 0.209. The Labute approximate surface area is 123 Å². The molecule has 1 atom stereocenters. The van der Waals surface area contributed by atoms with Crippen LogP contribution in [0.1, 0.15) is 57.1 Å². The lowest BCUT2D eigenvalue weighted by Crippen LogP contribution is -2.28. The Kier molecular flexibility index (Phi) is 7.91. The maximum absolute atomic E-state index is 5.99. The first-order chi connectivity index (χ1) is 8.69. The van der Waals surface area contributed by atoms with Crippen LogP contribution in [0.5, 0.6) is 0 Å². The van der Waals surface area contributed by atoms with E-state index in [0.717, 1.165) is 15.9 Å². The van der Waals surface area contributed by atoms with Crippen LogP contribution >= 0.6 is 27.5 Å². The van der Waals surface area contributed by atoms with Crippen LogP contribution in [0.2, 0.25) is 5.02 Å². The van der Waals surface area contributed by atoms with E-state index in [1.54, 1.807) is 0 Å². The lowest BCUT2D eigenvalue weighted by atomic mass is 10.0. The van der Waals surface area contributed by atoms with E-state index in [4.69, 9.17) is 17.4 Å². The molecule has 0 spiro atoms. The molecule has 1 aromatic carbocycles. The zero-order chi connectivity index (χ0) is 13.4. The second-order valence-electron chi connectivity index (χ2n) is 4.60. The molecule has 1 rings (SSSR count). The monoisotopic (exact) mass is 332 g/mol. The van der Waals surface area contributed by atoms with E-state index in [2.05, 4.69) is 28.3 Å². The number of nitrogens with two attached hydrogens (primary N) is 1. The highest BCUT2D eigenvalue weighted by Gasteiger charge is 2.10. The van der Waals surface area contributed by atoms with Gasteiger partial charge < -0.3 is 0 Å². The van der Waals surface area contributed by atoms with Gasteiger partial charge >= 0.3 is 0 Å². The molecular formula is C14H22BrClN2. The maximum Gasteiger partial charge on any atom is 0.0548 e. The van der Waals surface area contributed by atoms with Crippen molar-refractivity contribution in [2.24, 2.45) is 5.84 Å². The summed E-state index contributed by atoms with van der Waals surface area (Å²) < 4.78 is 0.924. The summed E-state index contributed by atoms with van der Waals surface area (Å²) in [6.45, 7) is 2.23. The third kappa shape index (κ3) is 5.27. The summed E-state index contributed by atoms with van der Waals surface area (Å²) in [7, 11) is 0. The first kappa shape index (κ1) is 16.0. The number of nitrogens with one attached hydrogen (secondary N) is 1. The molecule has 0 amide bonds. The van der Waals surface area contributed by atoms with Gasteiger partial charge in [0.15, 0.2) is 0 Å². The Balaban J connectivity index is 2.47. The van der Waals surface area contributed by atoms with Gasteiger partial charge in [-0.3, -0.25) is 11.3 Å². The van der Waals surface area contributed by atoms with Gasteiger partial charge in [0.2, 0.25) is 0 Å². The van der Waals surface area contributed by atoms with Crippen LogP contribution in [0.25, 0.3) is 0 Å². The largest absolute Gasteiger partial charge is 0.271 e. The molecule has 0 fully saturated rings. The smallest absolute Gasteiger partial charge is 0.0548 e. The summed E-state index contributed by atoms with van der Waals surface area (Å²) in [4.78, 5) is 0. The van der Waals surface area contributed by atoms with Gasteiger partial charge in [-0.05, 0) is 40.0 Å². The van der Waals surface area contributed by atoms with Gasteiger partial charge in [-0.1, -0.05) is 56.7 Å². The molecule has 0 radical (unpaired) electrons. The summed E-state index contributed by atoms with van der Waals surface area (Å²) in [6, 6.07) is 6.19. The van der Waals surface area contributed by atoms with E-state index >= 15 is 0 Å². The van der Waals surface area contributed by atoms with Crippen molar-refractivity contribution in [3.63, 3.8) is 0 Å². The third-order valence-electron chi connectivity index (χ3n) is 3.14. The van der Waals surface area contributed by atoms with Crippen LogP contribution < -0.4 is 11.3 Å². The van der Waals surface area contributed by atoms with Gasteiger partial charge in [-0.15, -0.1) is 0 Å². The predicted octanol–water partition coefficient (Wildman–Crippen LogP) is 4.97. The van der Waals surface area contributed by atoms with Gasteiger partial charge in [-0.2, -0.15) is 0 Å². The van der Waals surface area contributed by atoms with Crippen molar-refractivity contribution in [1.29, 1.82) is 0 Å². The summed E-state index contributed by atoms with van der Waals surface area (Å²) in [5, 5.41) is 0.734. The van der Waals surface area contributed by atoms with Gasteiger partial charge in [0.25, 0.3) is 0 Å². The minimum absolute atomic E-state index is 0.209. The standard InChI is InChI=1S/C14H22BrClN2/c1-2-3-4-5-6-7-14(18-17)11-8-9-13(16)12(15)10-11/h8-10,14,18H,2-7,17H2,1H3. The fraction of sp³-hybridized carbons (Fsp3) is 0.571. The van der Waals surface area contributed by atoms with E-state index in [-0.39, 0.29) is 6.04 Å². The van der Waals surface area contributed by atoms with Crippen molar-refractivity contribution in [2.45, 2.75) is 51.5 Å². The van der Waals surface area contributed by atoms with E-state index in [1.807, 2.05) is 18.2 Å². The van der Waals surface area contributed by atoms with Crippen molar-refractivity contribution < 1.29 is 0 Å². The molecule has 0 aliphatic rings. The Morgan fingerprint density at radius 2 is 2.00 bits per heavy atom. The summed E-state index contributed by atoms with van der Waals surface area (Å²) in [6.07, 6.45) is 7.47. The topological polar surface area (TPSA) is 38.0 Å². The van der Waals surface area contributed by atoms with E-state index < -0.39 is 0 Å². The molecule has 102 valence electrons. The van der Waals surface area contributed by atoms with Gasteiger partial charge in [-0.25, -0.2) is 0 Å². The SMILES string of the molecule is CCCCCCCC(NN)c1ccc(Cl)c(Br)c1. The molecule has 18 heavy (non-hydrogen) atoms. The average molecular weight is 334 g/mol. The quantitative estimate of drug-likeness (QED) is 0.400. The van der Waals surface area contributed by atoms with Gasteiger partial charge in [0.05, 0.1) is 5.02 Å². The molecule has 0 aromatic heterocycles. The van der Waals surface area contributed by atoms with Gasteiger partial charge in [0, 0.05) is 10.5 Å². The lowest BCUT2D eigenvalue weighted by molar-refractivity contribution is 0.479. The molecule has 2 nitrogen and oxygen atoms in total. The van der Waals surface area contributed by atoms with E-state index in [1.165, 1.54) is 37.7 Å². The van der Waals surface area contributed by atoms with Crippen LogP contribution in [0.3, 0.4) is 0 Å². The molecule has 1 aromatic rings. The minimum Gasteiger partial charge on any atom is -0.271 e. The zero-order valence-corrected chi connectivity index (χ0v) is 13.2. The number of hydrazine groups is 1. The van der Waals surface area contributed by atoms with Crippen molar-refractivity contribution in [3.05, 3.63) is 33.3 Å². The van der Waals surface area contributed by atoms with Crippen molar-refractivity contribution in [3.8, 4) is 0 Å². The van der Waals surface area contributed by atoms with Crippen LogP contribution in [0, 0.1) is 0 Å². The summed E-state index contributed by atoms with van der Waals surface area (Å²) >= 11 is 9.44. The highest BCUT2D eigenvalue weighted by Crippen LogP contribution is 2.28. The maximum atomic E-state index is 5.99. The third-order valence-corrected chi connectivity index (χ3v) is 4.36. The second-order valence-corrected chi connectivity index (χ2v) is 5.86. The van der Waals surface area contributed by atoms with Gasteiger partial charge in [0.1, 0.15) is 0 Å². The van der Waals surface area contributed by atoms with Crippen LogP contribution in [-0.2, 0) is 0 Å². The normalized spacial score (nSPS) is 12.7. The number of rotatable bonds is 8. The molecule has 3 N–H and O–H groups in total. The van der Waals surface area contributed by atoms with Crippen molar-refractivity contribution in [1.82, 2.24) is 5.43 Å². The summed E-state index contributed by atoms with van der Waals surface area (Å²) in [5.74, 6) is 5.64. The average Bonchev–Trinajstić information content (AvgIpc) is 2.37. The molecule has 0 bridgehead atoms. The predicted molar refractivity (Wildman–Crippen MR) is 82.6 cm³/mol. The highest BCUT2D eigenvalue weighted by molar-refractivity contribution is 9.10. The number of hydrogen-bond acceptors (Lipinski definition) is 2. The molecule has 0 saturated carbocycles. The number of benzene rings is 1. The first-order valence-corrected chi connectivity index (χ1v) is 7.77. The number of unbranched alkanes of at least 4 members (excludes halogenated alkanes) is 4. The van der Waals surface area contributed by atoms with Crippen LogP contribution in [0.15, 0.2) is 22.7 Å². The second kappa shape index (κ2) is 8.92. The lowest BCUT2D eigenvalue weighted by Gasteiger charge is -2.17. The molecule has 0 heterocycles. The van der Waals surface area contributed by atoms with Crippen molar-refractivity contribution >= 4 is 27.5 Å². The fourth-order valence-electron chi connectivity index (χ4n) is 2.03. The molecular weight excluding hydrogens is 312 g/mol. The summed E-state index contributed by atoms with van der Waals surface area (Å²) in [5.41, 5.74) is 4.08. The molecule has 0 aliphatic heterocycles. The Bertz CT molecular complexity index is 358. The van der Waals surface area contributed by atoms with Crippen LogP contribution in [0.4, 0.5) is 0 Å². The highest BCUT2D eigenvalue weighted by atomic mass is 79.9. The fourth-order valence-corrected chi connectivity index (χ4v) is 2.54. The van der Waals surface area contributed by atoms with E-state index in [0.29, 0.717) is 0 Å². The first-order valence-electron chi connectivity index (χ1n) is 6.60. The Hall–Kier alpha value is -0.0900. The van der Waals surface area contributed by atoms with E-state index in [9.17, 15) is 0 Å². The molecule has 4 heteroatoms.